The van der Waals surface area contributed by atoms with Gasteiger partial charge in [-0.2, -0.15) is 4.98 Å². The van der Waals surface area contributed by atoms with Gasteiger partial charge in [-0.25, -0.2) is 4.98 Å². The summed E-state index contributed by atoms with van der Waals surface area (Å²) in [5.41, 5.74) is 2.42. The highest BCUT2D eigenvalue weighted by Crippen LogP contribution is 2.32. The van der Waals surface area contributed by atoms with E-state index in [-0.39, 0.29) is 0 Å². The molecule has 1 fully saturated rings. The molecule has 28 heavy (non-hydrogen) atoms. The molecule has 0 spiro atoms. The van der Waals surface area contributed by atoms with Gasteiger partial charge in [0.25, 0.3) is 0 Å². The molecule has 1 aliphatic rings. The Labute approximate surface area is 174 Å². The molecule has 1 aromatic carbocycles. The van der Waals surface area contributed by atoms with Gasteiger partial charge in [0, 0.05) is 30.1 Å². The van der Waals surface area contributed by atoms with E-state index in [2.05, 4.69) is 20.6 Å². The van der Waals surface area contributed by atoms with Crippen molar-refractivity contribution >= 4 is 40.7 Å². The minimum Gasteiger partial charge on any atom is -0.351 e. The van der Waals surface area contributed by atoms with Crippen LogP contribution in [-0.4, -0.2) is 21.0 Å². The Morgan fingerprint density at radius 1 is 0.964 bits per heavy atom. The van der Waals surface area contributed by atoms with Crippen LogP contribution in [0.25, 0.3) is 11.3 Å². The number of hydrogen-bond acceptors (Lipinski definition) is 5. The first-order valence-electron chi connectivity index (χ1n) is 9.46. The second-order valence-corrected chi connectivity index (χ2v) is 7.69. The van der Waals surface area contributed by atoms with Crippen molar-refractivity contribution in [2.24, 2.45) is 0 Å². The Morgan fingerprint density at radius 3 is 2.61 bits per heavy atom. The summed E-state index contributed by atoms with van der Waals surface area (Å²) in [6, 6.07) is 11.6. The van der Waals surface area contributed by atoms with Crippen molar-refractivity contribution in [3.05, 3.63) is 58.8 Å². The van der Waals surface area contributed by atoms with E-state index >= 15 is 0 Å². The number of rotatable bonds is 5. The highest BCUT2D eigenvalue weighted by molar-refractivity contribution is 6.43. The molecule has 5 nitrogen and oxygen atoms in total. The average molecular weight is 414 g/mol. The number of aromatic nitrogens is 3. The molecule has 0 saturated heterocycles. The summed E-state index contributed by atoms with van der Waals surface area (Å²) in [5, 5.41) is 7.73. The fourth-order valence-corrected chi connectivity index (χ4v) is 3.75. The van der Waals surface area contributed by atoms with Crippen LogP contribution in [0.3, 0.4) is 0 Å². The van der Waals surface area contributed by atoms with Crippen molar-refractivity contribution in [3.63, 3.8) is 0 Å². The molecule has 0 aliphatic heterocycles. The monoisotopic (exact) mass is 413 g/mol. The zero-order valence-electron chi connectivity index (χ0n) is 15.3. The van der Waals surface area contributed by atoms with Crippen LogP contribution in [0.5, 0.6) is 0 Å². The maximum Gasteiger partial charge on any atom is 0.225 e. The molecular formula is C21H21Cl2N5. The first-order chi connectivity index (χ1) is 13.7. The minimum atomic E-state index is 0.403. The molecule has 0 bridgehead atoms. The Balaban J connectivity index is 1.68. The van der Waals surface area contributed by atoms with Crippen LogP contribution in [0.2, 0.25) is 10.0 Å². The van der Waals surface area contributed by atoms with Crippen LogP contribution in [0, 0.1) is 0 Å². The van der Waals surface area contributed by atoms with Crippen LogP contribution in [0.4, 0.5) is 17.5 Å². The molecule has 1 aliphatic carbocycles. The maximum atomic E-state index is 6.33. The van der Waals surface area contributed by atoms with Crippen molar-refractivity contribution in [3.8, 4) is 11.3 Å². The van der Waals surface area contributed by atoms with Gasteiger partial charge < -0.3 is 10.6 Å². The lowest BCUT2D eigenvalue weighted by Crippen LogP contribution is -2.23. The molecule has 0 unspecified atom stereocenters. The zero-order chi connectivity index (χ0) is 19.3. The highest BCUT2D eigenvalue weighted by atomic mass is 35.5. The average Bonchev–Trinajstić information content (AvgIpc) is 2.73. The first kappa shape index (κ1) is 19.0. The topological polar surface area (TPSA) is 62.7 Å². The van der Waals surface area contributed by atoms with Crippen molar-refractivity contribution in [1.29, 1.82) is 0 Å². The number of benzene rings is 1. The van der Waals surface area contributed by atoms with Crippen LogP contribution >= 0.6 is 23.2 Å². The maximum absolute atomic E-state index is 6.33. The van der Waals surface area contributed by atoms with Crippen LogP contribution in [0.1, 0.15) is 32.1 Å². The van der Waals surface area contributed by atoms with Gasteiger partial charge in [0.15, 0.2) is 0 Å². The van der Waals surface area contributed by atoms with Crippen molar-refractivity contribution < 1.29 is 0 Å². The minimum absolute atomic E-state index is 0.403. The van der Waals surface area contributed by atoms with Gasteiger partial charge in [-0.15, -0.1) is 0 Å². The predicted molar refractivity (Wildman–Crippen MR) is 116 cm³/mol. The molecule has 144 valence electrons. The van der Waals surface area contributed by atoms with Gasteiger partial charge in [0.05, 0.1) is 21.4 Å². The lowest BCUT2D eigenvalue weighted by molar-refractivity contribution is 0.461. The SMILES string of the molecule is Clc1cccc(Nc2cc(-c3cccnc3)nc(NC3CCCCC3)n2)c1Cl. The largest absolute Gasteiger partial charge is 0.351 e. The number of nitrogens with one attached hydrogen (secondary N) is 2. The smallest absolute Gasteiger partial charge is 0.225 e. The molecule has 2 heterocycles. The molecule has 0 amide bonds. The third kappa shape index (κ3) is 4.54. The Bertz CT molecular complexity index is 943. The zero-order valence-corrected chi connectivity index (χ0v) is 16.8. The molecule has 4 rings (SSSR count). The lowest BCUT2D eigenvalue weighted by Gasteiger charge is -2.23. The lowest BCUT2D eigenvalue weighted by atomic mass is 9.96. The third-order valence-electron chi connectivity index (χ3n) is 4.84. The quantitative estimate of drug-likeness (QED) is 0.511. The van der Waals surface area contributed by atoms with Crippen LogP contribution in [-0.2, 0) is 0 Å². The molecule has 1 saturated carbocycles. The molecular weight excluding hydrogens is 393 g/mol. The van der Waals surface area contributed by atoms with E-state index in [4.69, 9.17) is 28.2 Å². The van der Waals surface area contributed by atoms with E-state index in [1.807, 2.05) is 30.3 Å². The standard InChI is InChI=1S/C21H21Cl2N5/c22-16-9-4-10-17(20(16)23)26-19-12-18(14-6-5-11-24-13-14)27-21(28-19)25-15-7-2-1-3-8-15/h4-6,9-13,15H,1-3,7-8H2,(H2,25,26,27,28). The van der Waals surface area contributed by atoms with Crippen molar-refractivity contribution in [2.45, 2.75) is 38.1 Å². The van der Waals surface area contributed by atoms with E-state index in [0.717, 1.165) is 24.1 Å². The Hall–Kier alpha value is -2.37. The molecule has 7 heteroatoms. The molecule has 2 aromatic heterocycles. The molecule has 0 radical (unpaired) electrons. The van der Waals surface area contributed by atoms with Gasteiger partial charge in [0.2, 0.25) is 5.95 Å². The highest BCUT2D eigenvalue weighted by Gasteiger charge is 2.16. The summed E-state index contributed by atoms with van der Waals surface area (Å²) in [5.74, 6) is 1.25. The third-order valence-corrected chi connectivity index (χ3v) is 5.66. The van der Waals surface area contributed by atoms with Crippen LogP contribution < -0.4 is 10.6 Å². The second kappa shape index (κ2) is 8.76. The fourth-order valence-electron chi connectivity index (χ4n) is 3.41. The summed E-state index contributed by atoms with van der Waals surface area (Å²) in [4.78, 5) is 13.6. The van der Waals surface area contributed by atoms with E-state index < -0.39 is 0 Å². The van der Waals surface area contributed by atoms with E-state index in [9.17, 15) is 0 Å². The Morgan fingerprint density at radius 2 is 1.82 bits per heavy atom. The molecule has 3 aromatic rings. The first-order valence-corrected chi connectivity index (χ1v) is 10.2. The van der Waals surface area contributed by atoms with Gasteiger partial charge in [-0.3, -0.25) is 4.98 Å². The Kier molecular flexibility index (Phi) is 5.93. The summed E-state index contributed by atoms with van der Waals surface area (Å²) in [6.07, 6.45) is 9.60. The van der Waals surface area contributed by atoms with Gasteiger partial charge in [-0.05, 0) is 37.1 Å². The fraction of sp³-hybridized carbons (Fsp3) is 0.286. The number of hydrogen-bond donors (Lipinski definition) is 2. The number of nitrogens with zero attached hydrogens (tertiary/aromatic N) is 3. The molecule has 0 atom stereocenters. The predicted octanol–water partition coefficient (Wildman–Crippen LogP) is 6.33. The van der Waals surface area contributed by atoms with Gasteiger partial charge in [-0.1, -0.05) is 48.5 Å². The number of pyridine rings is 1. The van der Waals surface area contributed by atoms with Gasteiger partial charge >= 0.3 is 0 Å². The van der Waals surface area contributed by atoms with E-state index in [1.165, 1.54) is 19.3 Å². The number of halogens is 2. The van der Waals surface area contributed by atoms with Crippen molar-refractivity contribution in [2.75, 3.05) is 10.6 Å². The van der Waals surface area contributed by atoms with Crippen molar-refractivity contribution in [1.82, 2.24) is 15.0 Å². The van der Waals surface area contributed by atoms with Crippen LogP contribution in [0.15, 0.2) is 48.8 Å². The van der Waals surface area contributed by atoms with E-state index in [0.29, 0.717) is 33.5 Å². The normalized spacial score (nSPS) is 14.6. The van der Waals surface area contributed by atoms with Gasteiger partial charge in [0.1, 0.15) is 5.82 Å². The summed E-state index contributed by atoms with van der Waals surface area (Å²) < 4.78 is 0. The second-order valence-electron chi connectivity index (χ2n) is 6.91. The van der Waals surface area contributed by atoms with E-state index in [1.54, 1.807) is 18.5 Å². The summed E-state index contributed by atoms with van der Waals surface area (Å²) in [7, 11) is 0. The summed E-state index contributed by atoms with van der Waals surface area (Å²) in [6.45, 7) is 0. The number of anilines is 3. The summed E-state index contributed by atoms with van der Waals surface area (Å²) >= 11 is 12.5. The molecule has 2 N–H and O–H groups in total.